The summed E-state index contributed by atoms with van der Waals surface area (Å²) in [6.45, 7) is 6.71. The number of hydrogen-bond acceptors (Lipinski definition) is 3. The first-order valence-electron chi connectivity index (χ1n) is 8.21. The summed E-state index contributed by atoms with van der Waals surface area (Å²) in [4.78, 5) is 12.0. The van der Waals surface area contributed by atoms with E-state index in [0.717, 1.165) is 34.0 Å². The van der Waals surface area contributed by atoms with E-state index in [9.17, 15) is 4.79 Å². The number of furan rings is 1. The largest absolute Gasteiger partial charge is 0.469 e. The van der Waals surface area contributed by atoms with Gasteiger partial charge in [0.25, 0.3) is 0 Å². The molecule has 2 heterocycles. The molecule has 0 spiro atoms. The number of amides is 2. The van der Waals surface area contributed by atoms with Gasteiger partial charge >= 0.3 is 6.03 Å². The van der Waals surface area contributed by atoms with Crippen LogP contribution in [-0.4, -0.2) is 15.8 Å². The molecule has 6 heteroatoms. The number of para-hydroxylation sites is 1. The van der Waals surface area contributed by atoms with Crippen molar-refractivity contribution in [3.8, 4) is 5.69 Å². The fourth-order valence-electron chi connectivity index (χ4n) is 2.75. The maximum absolute atomic E-state index is 12.0. The molecule has 2 amide bonds. The molecule has 25 heavy (non-hydrogen) atoms. The lowest BCUT2D eigenvalue weighted by Crippen LogP contribution is -2.34. The molecule has 0 radical (unpaired) electrons. The Labute approximate surface area is 146 Å². The Morgan fingerprint density at radius 2 is 1.80 bits per heavy atom. The third kappa shape index (κ3) is 3.74. The van der Waals surface area contributed by atoms with E-state index in [4.69, 9.17) is 4.42 Å². The van der Waals surface area contributed by atoms with Crippen molar-refractivity contribution in [2.45, 2.75) is 33.9 Å². The Morgan fingerprint density at radius 3 is 2.48 bits per heavy atom. The number of benzene rings is 1. The first kappa shape index (κ1) is 16.8. The number of rotatable bonds is 5. The average Bonchev–Trinajstić information content (AvgIpc) is 3.15. The van der Waals surface area contributed by atoms with Crippen LogP contribution in [0.4, 0.5) is 4.79 Å². The standard InChI is InChI=1S/C19H22N4O2/c1-13-18(14(2)23(22-13)17-7-5-4-6-8-17)12-21-19(24)20-11-16-9-10-25-15(16)3/h4-10H,11-12H2,1-3H3,(H2,20,21,24). The van der Waals surface area contributed by atoms with Crippen molar-refractivity contribution >= 4 is 6.03 Å². The molecule has 3 rings (SSSR count). The van der Waals surface area contributed by atoms with Gasteiger partial charge in [-0.25, -0.2) is 9.48 Å². The third-order valence-electron chi connectivity index (χ3n) is 4.27. The molecule has 0 fully saturated rings. The van der Waals surface area contributed by atoms with Crippen molar-refractivity contribution in [3.63, 3.8) is 0 Å². The molecule has 0 aliphatic heterocycles. The molecular formula is C19H22N4O2. The average molecular weight is 338 g/mol. The molecule has 1 aromatic carbocycles. The second kappa shape index (κ2) is 7.25. The Morgan fingerprint density at radius 1 is 1.08 bits per heavy atom. The predicted molar refractivity (Wildman–Crippen MR) is 95.6 cm³/mol. The van der Waals surface area contributed by atoms with Gasteiger partial charge in [0.1, 0.15) is 5.76 Å². The lowest BCUT2D eigenvalue weighted by atomic mass is 10.2. The molecule has 0 unspecified atom stereocenters. The molecule has 0 saturated heterocycles. The number of aromatic nitrogens is 2. The molecule has 0 aliphatic rings. The minimum absolute atomic E-state index is 0.216. The van der Waals surface area contributed by atoms with Crippen molar-refractivity contribution in [2.75, 3.05) is 0 Å². The van der Waals surface area contributed by atoms with Gasteiger partial charge in [-0.2, -0.15) is 5.10 Å². The smallest absolute Gasteiger partial charge is 0.315 e. The number of nitrogens with zero attached hydrogens (tertiary/aromatic N) is 2. The summed E-state index contributed by atoms with van der Waals surface area (Å²) in [7, 11) is 0. The van der Waals surface area contributed by atoms with Crippen LogP contribution in [0.25, 0.3) is 5.69 Å². The van der Waals surface area contributed by atoms with E-state index in [0.29, 0.717) is 13.1 Å². The Kier molecular flexibility index (Phi) is 4.88. The monoisotopic (exact) mass is 338 g/mol. The first-order chi connectivity index (χ1) is 12.1. The fraction of sp³-hybridized carbons (Fsp3) is 0.263. The van der Waals surface area contributed by atoms with Gasteiger partial charge in [-0.05, 0) is 39.0 Å². The number of carbonyl (C=O) groups is 1. The van der Waals surface area contributed by atoms with Crippen LogP contribution in [-0.2, 0) is 13.1 Å². The van der Waals surface area contributed by atoms with Crippen LogP contribution in [0.2, 0.25) is 0 Å². The Balaban J connectivity index is 1.62. The van der Waals surface area contributed by atoms with Gasteiger partial charge in [0, 0.05) is 29.9 Å². The maximum atomic E-state index is 12.0. The van der Waals surface area contributed by atoms with Crippen LogP contribution >= 0.6 is 0 Å². The van der Waals surface area contributed by atoms with Crippen LogP contribution in [0.3, 0.4) is 0 Å². The van der Waals surface area contributed by atoms with Gasteiger partial charge in [0.2, 0.25) is 0 Å². The van der Waals surface area contributed by atoms with E-state index in [1.807, 2.05) is 61.9 Å². The molecule has 0 atom stereocenters. The number of carbonyl (C=O) groups excluding carboxylic acids is 1. The number of urea groups is 1. The number of nitrogens with one attached hydrogen (secondary N) is 2. The second-order valence-electron chi connectivity index (χ2n) is 5.93. The second-order valence-corrected chi connectivity index (χ2v) is 5.93. The highest BCUT2D eigenvalue weighted by Gasteiger charge is 2.13. The molecule has 0 saturated carbocycles. The summed E-state index contributed by atoms with van der Waals surface area (Å²) in [5, 5.41) is 10.3. The number of aryl methyl sites for hydroxylation is 2. The molecule has 3 aromatic rings. The van der Waals surface area contributed by atoms with Gasteiger partial charge in [-0.1, -0.05) is 18.2 Å². The van der Waals surface area contributed by atoms with Crippen LogP contribution in [0.15, 0.2) is 47.1 Å². The first-order valence-corrected chi connectivity index (χ1v) is 8.21. The highest BCUT2D eigenvalue weighted by molar-refractivity contribution is 5.73. The SMILES string of the molecule is Cc1nn(-c2ccccc2)c(C)c1CNC(=O)NCc1ccoc1C. The molecule has 130 valence electrons. The van der Waals surface area contributed by atoms with Crippen molar-refractivity contribution in [1.82, 2.24) is 20.4 Å². The van der Waals surface area contributed by atoms with Gasteiger partial charge in [0.15, 0.2) is 0 Å². The molecular weight excluding hydrogens is 316 g/mol. The summed E-state index contributed by atoms with van der Waals surface area (Å²) in [6.07, 6.45) is 1.62. The zero-order chi connectivity index (χ0) is 17.8. The molecule has 2 aromatic heterocycles. The van der Waals surface area contributed by atoms with E-state index >= 15 is 0 Å². The van der Waals surface area contributed by atoms with Gasteiger partial charge in [-0.15, -0.1) is 0 Å². The zero-order valence-corrected chi connectivity index (χ0v) is 14.7. The highest BCUT2D eigenvalue weighted by atomic mass is 16.3. The molecule has 0 aliphatic carbocycles. The summed E-state index contributed by atoms with van der Waals surface area (Å²) in [6, 6.07) is 11.6. The lowest BCUT2D eigenvalue weighted by molar-refractivity contribution is 0.240. The summed E-state index contributed by atoms with van der Waals surface area (Å²) in [5.41, 5.74) is 4.94. The summed E-state index contributed by atoms with van der Waals surface area (Å²) < 4.78 is 7.12. The van der Waals surface area contributed by atoms with Crippen LogP contribution in [0.5, 0.6) is 0 Å². The Hall–Kier alpha value is -3.02. The molecule has 6 nitrogen and oxygen atoms in total. The Bertz CT molecular complexity index is 865. The zero-order valence-electron chi connectivity index (χ0n) is 14.7. The normalized spacial score (nSPS) is 10.7. The summed E-state index contributed by atoms with van der Waals surface area (Å²) in [5.74, 6) is 0.816. The van der Waals surface area contributed by atoms with Gasteiger partial charge in [0.05, 0.1) is 17.6 Å². The summed E-state index contributed by atoms with van der Waals surface area (Å²) >= 11 is 0. The van der Waals surface area contributed by atoms with Crippen molar-refractivity contribution in [3.05, 3.63) is 70.9 Å². The van der Waals surface area contributed by atoms with Crippen molar-refractivity contribution < 1.29 is 9.21 Å². The van der Waals surface area contributed by atoms with Crippen LogP contribution < -0.4 is 10.6 Å². The molecule has 0 bridgehead atoms. The highest BCUT2D eigenvalue weighted by Crippen LogP contribution is 2.17. The number of hydrogen-bond donors (Lipinski definition) is 2. The van der Waals surface area contributed by atoms with Gasteiger partial charge < -0.3 is 15.1 Å². The topological polar surface area (TPSA) is 72.1 Å². The van der Waals surface area contributed by atoms with E-state index < -0.39 is 0 Å². The minimum Gasteiger partial charge on any atom is -0.469 e. The van der Waals surface area contributed by atoms with Crippen molar-refractivity contribution in [1.29, 1.82) is 0 Å². The predicted octanol–water partition coefficient (Wildman–Crippen LogP) is 3.39. The van der Waals surface area contributed by atoms with E-state index in [-0.39, 0.29) is 6.03 Å². The molecule has 2 N–H and O–H groups in total. The van der Waals surface area contributed by atoms with Crippen LogP contribution in [0.1, 0.15) is 28.3 Å². The van der Waals surface area contributed by atoms with E-state index in [1.165, 1.54) is 0 Å². The third-order valence-corrected chi connectivity index (χ3v) is 4.27. The van der Waals surface area contributed by atoms with Gasteiger partial charge in [-0.3, -0.25) is 0 Å². The fourth-order valence-corrected chi connectivity index (χ4v) is 2.75. The van der Waals surface area contributed by atoms with Crippen LogP contribution in [0, 0.1) is 20.8 Å². The maximum Gasteiger partial charge on any atom is 0.315 e. The lowest BCUT2D eigenvalue weighted by Gasteiger charge is -2.08. The van der Waals surface area contributed by atoms with E-state index in [2.05, 4.69) is 15.7 Å². The quantitative estimate of drug-likeness (QED) is 0.749. The minimum atomic E-state index is -0.216. The van der Waals surface area contributed by atoms with E-state index in [1.54, 1.807) is 6.26 Å². The van der Waals surface area contributed by atoms with Crippen molar-refractivity contribution in [2.24, 2.45) is 0 Å².